The Kier molecular flexibility index (Phi) is 6.71. The number of carbonyl (C=O) groups excluding carboxylic acids is 2. The highest BCUT2D eigenvalue weighted by Gasteiger charge is 2.20. The Hall–Kier alpha value is -2.98. The number of nitrogens with one attached hydrogen (secondary N) is 3. The lowest BCUT2D eigenvalue weighted by Crippen LogP contribution is -2.44. The summed E-state index contributed by atoms with van der Waals surface area (Å²) in [5, 5.41) is 4.96. The van der Waals surface area contributed by atoms with Gasteiger partial charge < -0.3 is 21.1 Å². The van der Waals surface area contributed by atoms with Crippen LogP contribution in [0, 0.1) is 0 Å². The van der Waals surface area contributed by atoms with Crippen LogP contribution < -0.4 is 25.8 Å². The van der Waals surface area contributed by atoms with Crippen molar-refractivity contribution in [3.63, 3.8) is 0 Å². The summed E-state index contributed by atoms with van der Waals surface area (Å²) >= 11 is 5.99. The second-order valence-corrected chi connectivity index (χ2v) is 7.76. The van der Waals surface area contributed by atoms with Crippen molar-refractivity contribution in [2.24, 2.45) is 5.73 Å². The third-order valence-corrected chi connectivity index (χ3v) is 5.30. The number of ether oxygens (including phenoxy) is 1. The molecular weight excluding hydrogens is 408 g/mol. The number of amides is 3. The Morgan fingerprint density at radius 1 is 1.14 bits per heavy atom. The molecule has 5 N–H and O–H groups in total. The highest BCUT2D eigenvalue weighted by molar-refractivity contribution is 7.92. The molecule has 0 aliphatic heterocycles. The molecule has 3 amide bonds. The molecule has 2 rings (SSSR count). The van der Waals surface area contributed by atoms with Crippen molar-refractivity contribution in [1.82, 2.24) is 5.32 Å². The maximum Gasteiger partial charge on any atom is 0.312 e. The number of primary amides is 1. The largest absolute Gasteiger partial charge is 0.495 e. The van der Waals surface area contributed by atoms with E-state index >= 15 is 0 Å². The lowest BCUT2D eigenvalue weighted by atomic mass is 10.2. The Morgan fingerprint density at radius 3 is 2.43 bits per heavy atom. The lowest BCUT2D eigenvalue weighted by Gasteiger charge is -2.16. The van der Waals surface area contributed by atoms with Crippen LogP contribution in [0.2, 0.25) is 5.02 Å². The highest BCUT2D eigenvalue weighted by atomic mass is 35.5. The summed E-state index contributed by atoms with van der Waals surface area (Å²) in [7, 11) is -2.62. The summed E-state index contributed by atoms with van der Waals surface area (Å²) in [4.78, 5) is 23.0. The van der Waals surface area contributed by atoms with Crippen molar-refractivity contribution in [3.8, 4) is 5.75 Å². The van der Waals surface area contributed by atoms with Crippen molar-refractivity contribution < 1.29 is 22.7 Å². The van der Waals surface area contributed by atoms with E-state index in [-0.39, 0.29) is 27.0 Å². The molecule has 2 aromatic rings. The Labute approximate surface area is 167 Å². The predicted molar refractivity (Wildman–Crippen MR) is 106 cm³/mol. The van der Waals surface area contributed by atoms with Crippen molar-refractivity contribution >= 4 is 44.9 Å². The summed E-state index contributed by atoms with van der Waals surface area (Å²) in [6.45, 7) is 1.42. The first-order chi connectivity index (χ1) is 13.1. The summed E-state index contributed by atoms with van der Waals surface area (Å²) < 4.78 is 32.9. The van der Waals surface area contributed by atoms with Crippen LogP contribution in [0.5, 0.6) is 5.75 Å². The number of hydrogen-bond acceptors (Lipinski definition) is 5. The van der Waals surface area contributed by atoms with Gasteiger partial charge in [0.05, 0.1) is 28.4 Å². The van der Waals surface area contributed by atoms with Gasteiger partial charge in [-0.1, -0.05) is 23.7 Å². The van der Waals surface area contributed by atoms with Gasteiger partial charge in [0, 0.05) is 0 Å². The summed E-state index contributed by atoms with van der Waals surface area (Å²) in [6, 6.07) is 8.50. The van der Waals surface area contributed by atoms with E-state index < -0.39 is 28.0 Å². The second kappa shape index (κ2) is 8.81. The molecule has 0 heterocycles. The first-order valence-electron chi connectivity index (χ1n) is 7.96. The number of nitrogens with two attached hydrogens (primary N) is 1. The molecular formula is C17H19ClN4O5S. The van der Waals surface area contributed by atoms with E-state index in [1.54, 1.807) is 18.2 Å². The number of urea groups is 1. The fourth-order valence-electron chi connectivity index (χ4n) is 2.22. The molecule has 0 radical (unpaired) electrons. The molecule has 0 saturated heterocycles. The van der Waals surface area contributed by atoms with Gasteiger partial charge in [-0.3, -0.25) is 9.52 Å². The number of halogens is 1. The van der Waals surface area contributed by atoms with E-state index in [1.165, 1.54) is 38.3 Å². The molecule has 1 atom stereocenters. The minimum atomic E-state index is -3.99. The first-order valence-corrected chi connectivity index (χ1v) is 9.82. The fourth-order valence-corrected chi connectivity index (χ4v) is 3.56. The van der Waals surface area contributed by atoms with Crippen LogP contribution >= 0.6 is 11.6 Å². The number of carbonyl (C=O) groups is 2. The van der Waals surface area contributed by atoms with Crippen LogP contribution in [-0.2, 0) is 14.8 Å². The van der Waals surface area contributed by atoms with Crippen LogP contribution in [0.4, 0.5) is 16.2 Å². The van der Waals surface area contributed by atoms with Gasteiger partial charge in [-0.25, -0.2) is 13.2 Å². The van der Waals surface area contributed by atoms with E-state index in [2.05, 4.69) is 15.4 Å². The maximum absolute atomic E-state index is 12.7. The van der Waals surface area contributed by atoms with Crippen molar-refractivity contribution in [2.45, 2.75) is 17.9 Å². The number of anilines is 2. The molecule has 28 heavy (non-hydrogen) atoms. The smallest absolute Gasteiger partial charge is 0.312 e. The molecule has 0 saturated carbocycles. The van der Waals surface area contributed by atoms with Crippen LogP contribution in [0.3, 0.4) is 0 Å². The molecule has 0 unspecified atom stereocenters. The standard InChI is InChI=1S/C17H19ClN4O5S/c1-10(20-17(19)24)16(23)21-14-9-11(7-8-15(14)27-2)28(25,26)22-13-6-4-3-5-12(13)18/h3-10,22H,1-2H3,(H,21,23)(H3,19,20,24)/t10-/m1/s1. The Morgan fingerprint density at radius 2 is 1.82 bits per heavy atom. The van der Waals surface area contributed by atoms with Gasteiger partial charge in [0.1, 0.15) is 11.8 Å². The molecule has 11 heteroatoms. The Bertz CT molecular complexity index is 997. The van der Waals surface area contributed by atoms with Crippen molar-refractivity contribution in [3.05, 3.63) is 47.5 Å². The number of methoxy groups -OCH3 is 1. The van der Waals surface area contributed by atoms with E-state index in [1.807, 2.05) is 0 Å². The van der Waals surface area contributed by atoms with Gasteiger partial charge in [0.2, 0.25) is 5.91 Å². The molecule has 150 valence electrons. The molecule has 0 fully saturated rings. The zero-order valence-corrected chi connectivity index (χ0v) is 16.6. The normalized spacial score (nSPS) is 12.0. The predicted octanol–water partition coefficient (Wildman–Crippen LogP) is 2.14. The zero-order valence-electron chi connectivity index (χ0n) is 15.0. The quantitative estimate of drug-likeness (QED) is 0.537. The lowest BCUT2D eigenvalue weighted by molar-refractivity contribution is -0.117. The van der Waals surface area contributed by atoms with Crippen LogP contribution in [-0.4, -0.2) is 33.5 Å². The number of rotatable bonds is 7. The van der Waals surface area contributed by atoms with Crippen molar-refractivity contribution in [2.75, 3.05) is 17.1 Å². The van der Waals surface area contributed by atoms with Gasteiger partial charge in [0.25, 0.3) is 10.0 Å². The number of hydrogen-bond donors (Lipinski definition) is 4. The topological polar surface area (TPSA) is 140 Å². The SMILES string of the molecule is COc1ccc(S(=O)(=O)Nc2ccccc2Cl)cc1NC(=O)[C@@H](C)NC(N)=O. The van der Waals surface area contributed by atoms with E-state index in [4.69, 9.17) is 22.1 Å². The summed E-state index contributed by atoms with van der Waals surface area (Å²) in [5.41, 5.74) is 5.31. The second-order valence-electron chi connectivity index (χ2n) is 5.67. The van der Waals surface area contributed by atoms with Crippen LogP contribution in [0.25, 0.3) is 0 Å². The first kappa shape index (κ1) is 21.3. The van der Waals surface area contributed by atoms with Gasteiger partial charge in [-0.15, -0.1) is 0 Å². The zero-order chi connectivity index (χ0) is 20.9. The molecule has 9 nitrogen and oxygen atoms in total. The minimum Gasteiger partial charge on any atom is -0.495 e. The summed E-state index contributed by atoms with van der Waals surface area (Å²) in [6.07, 6.45) is 0. The van der Waals surface area contributed by atoms with Crippen LogP contribution in [0.1, 0.15) is 6.92 Å². The Balaban J connectivity index is 2.32. The van der Waals surface area contributed by atoms with Gasteiger partial charge in [0.15, 0.2) is 0 Å². The van der Waals surface area contributed by atoms with Gasteiger partial charge in [-0.05, 0) is 37.3 Å². The molecule has 0 spiro atoms. The van der Waals surface area contributed by atoms with Crippen molar-refractivity contribution in [1.29, 1.82) is 0 Å². The number of sulfonamides is 1. The van der Waals surface area contributed by atoms with Gasteiger partial charge in [-0.2, -0.15) is 0 Å². The van der Waals surface area contributed by atoms with E-state index in [9.17, 15) is 18.0 Å². The third kappa shape index (κ3) is 5.27. The monoisotopic (exact) mass is 426 g/mol. The molecule has 0 aliphatic rings. The average Bonchev–Trinajstić information content (AvgIpc) is 2.62. The van der Waals surface area contributed by atoms with Crippen LogP contribution in [0.15, 0.2) is 47.4 Å². The molecule has 2 aromatic carbocycles. The number of para-hydroxylation sites is 1. The molecule has 0 aromatic heterocycles. The average molecular weight is 427 g/mol. The molecule has 0 bridgehead atoms. The minimum absolute atomic E-state index is 0.104. The van der Waals surface area contributed by atoms with E-state index in [0.717, 1.165) is 0 Å². The summed E-state index contributed by atoms with van der Waals surface area (Å²) in [5.74, 6) is -0.373. The third-order valence-electron chi connectivity index (χ3n) is 3.61. The highest BCUT2D eigenvalue weighted by Crippen LogP contribution is 2.30. The fraction of sp³-hybridized carbons (Fsp3) is 0.176. The van der Waals surface area contributed by atoms with Gasteiger partial charge >= 0.3 is 6.03 Å². The number of benzene rings is 2. The maximum atomic E-state index is 12.7. The van der Waals surface area contributed by atoms with E-state index in [0.29, 0.717) is 0 Å². The molecule has 0 aliphatic carbocycles.